The molecule has 0 saturated heterocycles. The molecule has 0 radical (unpaired) electrons. The van der Waals surface area contributed by atoms with Gasteiger partial charge in [0.25, 0.3) is 5.91 Å². The number of urea groups is 1. The van der Waals surface area contributed by atoms with Crippen LogP contribution in [0.15, 0.2) is 12.3 Å². The van der Waals surface area contributed by atoms with Crippen molar-refractivity contribution < 1.29 is 22.8 Å². The van der Waals surface area contributed by atoms with Gasteiger partial charge in [0.05, 0.1) is 0 Å². The maximum atomic E-state index is 13.6. The number of nitrogens with one attached hydrogen (secondary N) is 3. The second-order valence-electron chi connectivity index (χ2n) is 7.02. The van der Waals surface area contributed by atoms with Gasteiger partial charge in [0.1, 0.15) is 23.5 Å². The lowest BCUT2D eigenvalue weighted by Crippen LogP contribution is -2.33. The van der Waals surface area contributed by atoms with Gasteiger partial charge in [-0.05, 0) is 25.8 Å². The second kappa shape index (κ2) is 9.03. The van der Waals surface area contributed by atoms with Gasteiger partial charge in [-0.25, -0.2) is 14.8 Å². The highest BCUT2D eigenvalue weighted by atomic mass is 32.1. The number of thiazole rings is 1. The van der Waals surface area contributed by atoms with Crippen LogP contribution in [0, 0.1) is 0 Å². The van der Waals surface area contributed by atoms with Crippen LogP contribution in [0.5, 0.6) is 0 Å². The third-order valence-electron chi connectivity index (χ3n) is 4.70. The van der Waals surface area contributed by atoms with Crippen LogP contribution in [0.1, 0.15) is 48.0 Å². The summed E-state index contributed by atoms with van der Waals surface area (Å²) in [5.74, 6) is -0.590. The first kappa shape index (κ1) is 22.1. The standard InChI is InChI=1S/C18H21BF3N5O2S/c1-2-23-17(29)26-12-7-10(11(19)8-24-12)16-27-14(18(20,21)22)13(30-16)15(28)25-9-5-3-4-6-9/h7-9H,2-6,19H2,1H3,(H,25,28)(H2,23,24,26,29). The largest absolute Gasteiger partial charge is 0.435 e. The summed E-state index contributed by atoms with van der Waals surface area (Å²) < 4.78 is 40.7. The molecule has 7 nitrogen and oxygen atoms in total. The number of pyridine rings is 1. The molecule has 0 unspecified atom stereocenters. The Labute approximate surface area is 176 Å². The van der Waals surface area contributed by atoms with Crippen molar-refractivity contribution in [2.75, 3.05) is 11.9 Å². The van der Waals surface area contributed by atoms with E-state index in [0.29, 0.717) is 28.9 Å². The number of amides is 3. The number of aromatic nitrogens is 2. The topological polar surface area (TPSA) is 96.0 Å². The lowest BCUT2D eigenvalue weighted by Gasteiger charge is -2.12. The highest BCUT2D eigenvalue weighted by Crippen LogP contribution is 2.37. The molecule has 1 aliphatic carbocycles. The van der Waals surface area contributed by atoms with Gasteiger partial charge < -0.3 is 10.6 Å². The second-order valence-corrected chi connectivity index (χ2v) is 8.02. The molecule has 0 spiro atoms. The Kier molecular flexibility index (Phi) is 6.64. The number of halogens is 3. The molecule has 3 N–H and O–H groups in total. The van der Waals surface area contributed by atoms with E-state index < -0.39 is 28.7 Å². The fourth-order valence-corrected chi connectivity index (χ4v) is 4.32. The molecule has 160 valence electrons. The Morgan fingerprint density at radius 2 is 2.00 bits per heavy atom. The van der Waals surface area contributed by atoms with Crippen molar-refractivity contribution in [1.29, 1.82) is 0 Å². The van der Waals surface area contributed by atoms with Crippen molar-refractivity contribution >= 4 is 42.4 Å². The number of alkyl halides is 3. The number of nitrogens with zero attached hydrogens (tertiary/aromatic N) is 2. The van der Waals surface area contributed by atoms with Gasteiger partial charge in [-0.15, -0.1) is 11.3 Å². The predicted octanol–water partition coefficient (Wildman–Crippen LogP) is 2.30. The zero-order valence-corrected chi connectivity index (χ0v) is 17.3. The van der Waals surface area contributed by atoms with Crippen molar-refractivity contribution in [3.05, 3.63) is 22.8 Å². The maximum Gasteiger partial charge on any atom is 0.435 e. The van der Waals surface area contributed by atoms with Gasteiger partial charge in [-0.1, -0.05) is 18.3 Å². The summed E-state index contributed by atoms with van der Waals surface area (Å²) in [6.45, 7) is 2.16. The van der Waals surface area contributed by atoms with Gasteiger partial charge in [0.15, 0.2) is 5.69 Å². The average molecular weight is 439 g/mol. The van der Waals surface area contributed by atoms with Crippen molar-refractivity contribution in [2.24, 2.45) is 0 Å². The lowest BCUT2D eigenvalue weighted by atomic mass is 9.93. The van der Waals surface area contributed by atoms with E-state index in [9.17, 15) is 22.8 Å². The van der Waals surface area contributed by atoms with Gasteiger partial charge >= 0.3 is 12.2 Å². The molecule has 0 bridgehead atoms. The Bertz CT molecular complexity index is 944. The highest BCUT2D eigenvalue weighted by molar-refractivity contribution is 7.17. The molecule has 1 fully saturated rings. The van der Waals surface area contributed by atoms with Crippen LogP contribution >= 0.6 is 11.3 Å². The first-order chi connectivity index (χ1) is 14.2. The number of anilines is 1. The summed E-state index contributed by atoms with van der Waals surface area (Å²) in [6, 6.07) is 0.855. The van der Waals surface area contributed by atoms with E-state index in [1.54, 1.807) is 14.8 Å². The van der Waals surface area contributed by atoms with Gasteiger partial charge in [-0.3, -0.25) is 10.1 Å². The van der Waals surface area contributed by atoms with Crippen molar-refractivity contribution in [1.82, 2.24) is 20.6 Å². The minimum atomic E-state index is -4.76. The third-order valence-corrected chi connectivity index (χ3v) is 5.79. The first-order valence-corrected chi connectivity index (χ1v) is 10.4. The molecule has 1 saturated carbocycles. The molecule has 30 heavy (non-hydrogen) atoms. The smallest absolute Gasteiger partial charge is 0.349 e. The molecule has 2 heterocycles. The molecule has 12 heteroatoms. The summed E-state index contributed by atoms with van der Waals surface area (Å²) in [6.07, 6.45) is 0.0866. The van der Waals surface area contributed by atoms with Gasteiger partial charge in [0, 0.05) is 24.3 Å². The zero-order valence-electron chi connectivity index (χ0n) is 16.5. The van der Waals surface area contributed by atoms with Gasteiger partial charge in [0.2, 0.25) is 0 Å². The molecular weight excluding hydrogens is 418 g/mol. The van der Waals surface area contributed by atoms with E-state index in [1.165, 1.54) is 12.3 Å². The Balaban J connectivity index is 1.95. The van der Waals surface area contributed by atoms with E-state index in [2.05, 4.69) is 25.9 Å². The predicted molar refractivity (Wildman–Crippen MR) is 111 cm³/mol. The molecule has 2 aromatic heterocycles. The monoisotopic (exact) mass is 439 g/mol. The minimum Gasteiger partial charge on any atom is -0.349 e. The van der Waals surface area contributed by atoms with Crippen LogP contribution < -0.4 is 21.4 Å². The molecule has 0 atom stereocenters. The fourth-order valence-electron chi connectivity index (χ4n) is 3.25. The quantitative estimate of drug-likeness (QED) is 0.624. The summed E-state index contributed by atoms with van der Waals surface area (Å²) in [5, 5.41) is 7.79. The summed E-state index contributed by atoms with van der Waals surface area (Å²) in [5.41, 5.74) is -0.263. The van der Waals surface area contributed by atoms with Crippen molar-refractivity contribution in [3.63, 3.8) is 0 Å². The van der Waals surface area contributed by atoms with Crippen LogP contribution in [0.2, 0.25) is 0 Å². The summed E-state index contributed by atoms with van der Waals surface area (Å²) in [7, 11) is 1.67. The van der Waals surface area contributed by atoms with E-state index >= 15 is 0 Å². The molecular formula is C18H21BF3N5O2S. The van der Waals surface area contributed by atoms with Crippen LogP contribution in [0.25, 0.3) is 10.6 Å². The van der Waals surface area contributed by atoms with E-state index in [1.807, 2.05) is 0 Å². The summed E-state index contributed by atoms with van der Waals surface area (Å²) in [4.78, 5) is 31.6. The first-order valence-electron chi connectivity index (χ1n) is 9.59. The SMILES string of the molecule is Bc1cnc(NC(=O)NCC)cc1-c1nc(C(F)(F)F)c(C(=O)NC2CCCC2)s1. The van der Waals surface area contributed by atoms with Crippen LogP contribution in [0.3, 0.4) is 0 Å². The zero-order chi connectivity index (χ0) is 21.9. The molecule has 3 amide bonds. The average Bonchev–Trinajstić information content (AvgIpc) is 3.33. The lowest BCUT2D eigenvalue weighted by molar-refractivity contribution is -0.141. The minimum absolute atomic E-state index is 0.0396. The highest BCUT2D eigenvalue weighted by Gasteiger charge is 2.40. The Morgan fingerprint density at radius 3 is 2.63 bits per heavy atom. The Morgan fingerprint density at radius 1 is 1.30 bits per heavy atom. The van der Waals surface area contributed by atoms with Crippen LogP contribution in [-0.2, 0) is 6.18 Å². The number of rotatable bonds is 5. The Hall–Kier alpha value is -2.63. The van der Waals surface area contributed by atoms with Crippen molar-refractivity contribution in [3.8, 4) is 10.6 Å². The fraction of sp³-hybridized carbons (Fsp3) is 0.444. The number of hydrogen-bond donors (Lipinski definition) is 3. The number of carbonyl (C=O) groups is 2. The van der Waals surface area contributed by atoms with Gasteiger partial charge in [-0.2, -0.15) is 13.2 Å². The molecule has 1 aliphatic rings. The third kappa shape index (κ3) is 5.10. The van der Waals surface area contributed by atoms with E-state index in [-0.39, 0.29) is 16.9 Å². The molecule has 0 aromatic carbocycles. The van der Waals surface area contributed by atoms with Crippen molar-refractivity contribution in [2.45, 2.75) is 44.8 Å². The van der Waals surface area contributed by atoms with Crippen LogP contribution in [-0.4, -0.2) is 42.3 Å². The number of hydrogen-bond acceptors (Lipinski definition) is 5. The van der Waals surface area contributed by atoms with Crippen LogP contribution in [0.4, 0.5) is 23.8 Å². The summed E-state index contributed by atoms with van der Waals surface area (Å²) >= 11 is 0.684. The van der Waals surface area contributed by atoms with E-state index in [4.69, 9.17) is 0 Å². The molecule has 3 rings (SSSR count). The number of carbonyl (C=O) groups excluding carboxylic acids is 2. The molecule has 0 aliphatic heterocycles. The molecule has 2 aromatic rings. The maximum absolute atomic E-state index is 13.6. The normalized spacial score (nSPS) is 14.5. The van der Waals surface area contributed by atoms with E-state index in [0.717, 1.165) is 25.7 Å².